The molecule has 0 amide bonds. The van der Waals surface area contributed by atoms with Crippen LogP contribution in [0.5, 0.6) is 0 Å². The molecule has 0 N–H and O–H groups in total. The molecule has 0 saturated carbocycles. The highest BCUT2D eigenvalue weighted by Crippen LogP contribution is 2.43. The highest BCUT2D eigenvalue weighted by atomic mass is 31.2. The average Bonchev–Trinajstić information content (AvgIpc) is 2.89. The molecular formula is C12H16NO6P-2. The van der Waals surface area contributed by atoms with Crippen LogP contribution in [0.15, 0.2) is 22.8 Å². The van der Waals surface area contributed by atoms with Gasteiger partial charge in [0.1, 0.15) is 5.76 Å². The monoisotopic (exact) mass is 301 g/mol. The number of aliphatic carboxylic acids is 1. The number of carboxylic acids is 1. The second kappa shape index (κ2) is 6.54. The van der Waals surface area contributed by atoms with E-state index in [9.17, 15) is 19.4 Å². The van der Waals surface area contributed by atoms with Crippen molar-refractivity contribution in [1.29, 1.82) is 0 Å². The first-order valence-electron chi connectivity index (χ1n) is 6.32. The van der Waals surface area contributed by atoms with E-state index in [1.165, 1.54) is 6.26 Å². The lowest BCUT2D eigenvalue weighted by Crippen LogP contribution is -2.44. The number of carbonyl (C=O) groups excluding carboxylic acids is 1. The summed E-state index contributed by atoms with van der Waals surface area (Å²) in [6.07, 6.45) is 0.884. The Bertz CT molecular complexity index is 482. The summed E-state index contributed by atoms with van der Waals surface area (Å²) in [6, 6.07) is 3.13. The lowest BCUT2D eigenvalue weighted by molar-refractivity contribution is -0.306. The number of rotatable bonds is 6. The van der Waals surface area contributed by atoms with Gasteiger partial charge in [-0.05, 0) is 12.1 Å². The van der Waals surface area contributed by atoms with Crippen LogP contribution < -0.4 is 10.00 Å². The first kappa shape index (κ1) is 15.3. The Morgan fingerprint density at radius 2 is 2.15 bits per heavy atom. The average molecular weight is 301 g/mol. The first-order chi connectivity index (χ1) is 9.49. The van der Waals surface area contributed by atoms with Crippen molar-refractivity contribution in [3.63, 3.8) is 0 Å². The van der Waals surface area contributed by atoms with Gasteiger partial charge in [0, 0.05) is 38.8 Å². The van der Waals surface area contributed by atoms with E-state index < -0.39 is 19.0 Å². The number of carbonyl (C=O) groups is 1. The maximum Gasteiger partial charge on any atom is 0.104 e. The molecule has 0 aliphatic carbocycles. The Labute approximate surface area is 116 Å². The molecule has 7 nitrogen and oxygen atoms in total. The van der Waals surface area contributed by atoms with Crippen LogP contribution in [-0.4, -0.2) is 49.1 Å². The molecule has 2 unspecified atom stereocenters. The van der Waals surface area contributed by atoms with Gasteiger partial charge in [0.25, 0.3) is 0 Å². The molecule has 1 fully saturated rings. The van der Waals surface area contributed by atoms with Gasteiger partial charge in [-0.15, -0.1) is 0 Å². The molecule has 20 heavy (non-hydrogen) atoms. The minimum atomic E-state index is -4.17. The number of ether oxygens (including phenoxy) is 1. The van der Waals surface area contributed by atoms with Crippen molar-refractivity contribution < 1.29 is 28.5 Å². The van der Waals surface area contributed by atoms with E-state index in [4.69, 9.17) is 9.15 Å². The summed E-state index contributed by atoms with van der Waals surface area (Å²) >= 11 is 0. The minimum absolute atomic E-state index is 0.208. The molecule has 1 aliphatic heterocycles. The summed E-state index contributed by atoms with van der Waals surface area (Å²) in [4.78, 5) is 25.1. The van der Waals surface area contributed by atoms with Crippen LogP contribution in [-0.2, 0) is 20.5 Å². The Morgan fingerprint density at radius 1 is 1.45 bits per heavy atom. The van der Waals surface area contributed by atoms with E-state index >= 15 is 0 Å². The van der Waals surface area contributed by atoms with Gasteiger partial charge < -0.3 is 28.5 Å². The number of hydrogen-bond acceptors (Lipinski definition) is 7. The maximum atomic E-state index is 12.2. The zero-order valence-corrected chi connectivity index (χ0v) is 11.8. The number of carboxylic acid groups (broad SMARTS) is 1. The summed E-state index contributed by atoms with van der Waals surface area (Å²) in [7, 11) is -4.17. The van der Waals surface area contributed by atoms with Gasteiger partial charge in [0.15, 0.2) is 0 Å². The Hall–Kier alpha value is -1.14. The second-order valence-electron chi connectivity index (χ2n) is 4.72. The van der Waals surface area contributed by atoms with Crippen molar-refractivity contribution in [3.8, 4) is 0 Å². The molecule has 1 aliphatic rings. The highest BCUT2D eigenvalue weighted by Gasteiger charge is 2.27. The van der Waals surface area contributed by atoms with Crippen molar-refractivity contribution in [2.45, 2.75) is 12.1 Å². The molecule has 112 valence electrons. The Morgan fingerprint density at radius 3 is 2.70 bits per heavy atom. The Kier molecular flexibility index (Phi) is 4.99. The SMILES string of the molecule is O=C([O-])C(Cc1ccco1)P(=O)([O-])CN1CCOCC1. The zero-order valence-electron chi connectivity index (χ0n) is 10.9. The van der Waals surface area contributed by atoms with E-state index in [-0.39, 0.29) is 12.7 Å². The maximum absolute atomic E-state index is 12.2. The van der Waals surface area contributed by atoms with Crippen LogP contribution in [0.3, 0.4) is 0 Å². The summed E-state index contributed by atoms with van der Waals surface area (Å²) < 4.78 is 22.4. The van der Waals surface area contributed by atoms with Crippen LogP contribution >= 0.6 is 7.37 Å². The molecule has 2 heterocycles. The van der Waals surface area contributed by atoms with Crippen molar-refractivity contribution >= 4 is 13.3 Å². The van der Waals surface area contributed by atoms with Gasteiger partial charge in [-0.1, -0.05) is 0 Å². The molecule has 1 saturated heterocycles. The number of furan rings is 1. The van der Waals surface area contributed by atoms with Crippen LogP contribution in [0.25, 0.3) is 0 Å². The molecule has 0 spiro atoms. The van der Waals surface area contributed by atoms with E-state index in [2.05, 4.69) is 0 Å². The molecule has 1 aromatic rings. The van der Waals surface area contributed by atoms with Crippen LogP contribution in [0, 0.1) is 0 Å². The van der Waals surface area contributed by atoms with E-state index in [0.29, 0.717) is 32.1 Å². The molecule has 1 aromatic heterocycles. The smallest absolute Gasteiger partial charge is 0.104 e. The van der Waals surface area contributed by atoms with E-state index in [1.807, 2.05) is 0 Å². The van der Waals surface area contributed by atoms with Gasteiger partial charge >= 0.3 is 0 Å². The first-order valence-corrected chi connectivity index (χ1v) is 8.20. The van der Waals surface area contributed by atoms with E-state index in [0.717, 1.165) is 0 Å². The van der Waals surface area contributed by atoms with Gasteiger partial charge in [-0.2, -0.15) is 0 Å². The largest absolute Gasteiger partial charge is 0.798 e. The topological polar surface area (TPSA) is 106 Å². The standard InChI is InChI=1S/C12H18NO6P/c14-12(15)11(8-10-2-1-5-19-10)20(16,17)9-13-3-6-18-7-4-13/h1-2,5,11H,3-4,6-9H2,(H,14,15)(H,16,17)/p-2. The third kappa shape index (κ3) is 3.93. The summed E-state index contributed by atoms with van der Waals surface area (Å²) in [5.74, 6) is -1.27. The predicted octanol–water partition coefficient (Wildman–Crippen LogP) is -1.13. The summed E-state index contributed by atoms with van der Waals surface area (Å²) in [6.45, 7) is 1.86. The number of morpholine rings is 1. The van der Waals surface area contributed by atoms with Crippen molar-refractivity contribution in [3.05, 3.63) is 24.2 Å². The van der Waals surface area contributed by atoms with Crippen LogP contribution in [0.4, 0.5) is 0 Å². The fourth-order valence-electron chi connectivity index (χ4n) is 2.12. The lowest BCUT2D eigenvalue weighted by atomic mass is 10.2. The Balaban J connectivity index is 2.05. The molecule has 0 radical (unpaired) electrons. The molecule has 2 rings (SSSR count). The fourth-order valence-corrected chi connectivity index (χ4v) is 3.94. The third-order valence-electron chi connectivity index (χ3n) is 3.22. The zero-order chi connectivity index (χ0) is 14.6. The second-order valence-corrected chi connectivity index (χ2v) is 7.07. The summed E-state index contributed by atoms with van der Waals surface area (Å²) in [5, 5.41) is 11.1. The third-order valence-corrected chi connectivity index (χ3v) is 5.36. The predicted molar refractivity (Wildman–Crippen MR) is 66.1 cm³/mol. The van der Waals surface area contributed by atoms with E-state index in [1.54, 1.807) is 17.0 Å². The molecule has 8 heteroatoms. The van der Waals surface area contributed by atoms with Crippen LogP contribution in [0.2, 0.25) is 0 Å². The van der Waals surface area contributed by atoms with Gasteiger partial charge in [-0.3, -0.25) is 4.90 Å². The van der Waals surface area contributed by atoms with Gasteiger partial charge in [0.05, 0.1) is 25.4 Å². The van der Waals surface area contributed by atoms with Crippen molar-refractivity contribution in [1.82, 2.24) is 4.90 Å². The lowest BCUT2D eigenvalue weighted by Gasteiger charge is -2.38. The van der Waals surface area contributed by atoms with Crippen molar-refractivity contribution in [2.75, 3.05) is 32.6 Å². The number of hydrogen-bond donors (Lipinski definition) is 0. The molecule has 0 bridgehead atoms. The normalized spacial score (nSPS) is 21.2. The van der Waals surface area contributed by atoms with Gasteiger partial charge in [-0.25, -0.2) is 0 Å². The van der Waals surface area contributed by atoms with Crippen molar-refractivity contribution in [2.24, 2.45) is 0 Å². The molecule has 2 atom stereocenters. The quantitative estimate of drug-likeness (QED) is 0.612. The minimum Gasteiger partial charge on any atom is -0.798 e. The molecule has 0 aromatic carbocycles. The highest BCUT2D eigenvalue weighted by molar-refractivity contribution is 7.58. The fraction of sp³-hybridized carbons (Fsp3) is 0.583. The molecular weight excluding hydrogens is 285 g/mol. The van der Waals surface area contributed by atoms with Crippen LogP contribution in [0.1, 0.15) is 5.76 Å². The number of nitrogens with zero attached hydrogens (tertiary/aromatic N) is 1. The van der Waals surface area contributed by atoms with Gasteiger partial charge in [0.2, 0.25) is 0 Å². The summed E-state index contributed by atoms with van der Waals surface area (Å²) in [5.41, 5.74) is -1.57.